The van der Waals surface area contributed by atoms with Crippen LogP contribution in [0.4, 0.5) is 0 Å². The summed E-state index contributed by atoms with van der Waals surface area (Å²) in [4.78, 5) is 10.6. The molecule has 56 heavy (non-hydrogen) atoms. The highest BCUT2D eigenvalue weighted by Gasteiger charge is 2.25. The van der Waals surface area contributed by atoms with Crippen molar-refractivity contribution < 1.29 is 8.83 Å². The third-order valence-electron chi connectivity index (χ3n) is 11.5. The Balaban J connectivity index is 1.14. The molecule has 13 rings (SSSR count). The molecule has 0 bridgehead atoms. The zero-order valence-electron chi connectivity index (χ0n) is 29.8. The number of benzene rings is 8. The SMILES string of the molecule is c1ccc(-c2nc(-n3c4ccccc4c4c5oc6cc(-n7c8ccccc8c8ccccc87)c7ccccc7c6c5ccc43)nc3c2oc2ccccc23)cc1. The maximum absolute atomic E-state index is 7.12. The van der Waals surface area contributed by atoms with Gasteiger partial charge in [0.25, 0.3) is 0 Å². The second-order valence-corrected chi connectivity index (χ2v) is 14.5. The van der Waals surface area contributed by atoms with Crippen LogP contribution in [0.3, 0.4) is 0 Å². The van der Waals surface area contributed by atoms with Crippen LogP contribution in [0.1, 0.15) is 0 Å². The van der Waals surface area contributed by atoms with Gasteiger partial charge in [0.2, 0.25) is 5.95 Å². The Morgan fingerprint density at radius 3 is 1.71 bits per heavy atom. The number of hydrogen-bond acceptors (Lipinski definition) is 4. The van der Waals surface area contributed by atoms with Crippen LogP contribution in [0.25, 0.3) is 121 Å². The van der Waals surface area contributed by atoms with Gasteiger partial charge >= 0.3 is 0 Å². The van der Waals surface area contributed by atoms with Crippen molar-refractivity contribution in [3.05, 3.63) is 170 Å². The molecule has 0 amide bonds. The molecule has 0 saturated carbocycles. The van der Waals surface area contributed by atoms with E-state index in [0.29, 0.717) is 11.5 Å². The standard InChI is InChI=1S/C50H28N4O2/c1-2-14-29(15-3-1)46-49-47(35-21-9-13-25-42(35)55-49)52-50(51-46)54-39-24-12-8-20-34(39)45-40(54)27-26-36-44-33-19-5-4-18-32(33)41(28-43(44)56-48(36)45)53-37-22-10-6-16-30(37)31-17-7-11-23-38(31)53/h1-28H. The molecule has 5 aromatic heterocycles. The summed E-state index contributed by atoms with van der Waals surface area (Å²) >= 11 is 0. The van der Waals surface area contributed by atoms with E-state index in [1.807, 2.05) is 36.4 Å². The van der Waals surface area contributed by atoms with Crippen molar-refractivity contribution in [2.45, 2.75) is 0 Å². The van der Waals surface area contributed by atoms with Crippen molar-refractivity contribution in [1.29, 1.82) is 0 Å². The molecule has 0 N–H and O–H groups in total. The fraction of sp³-hybridized carbons (Fsp3) is 0. The fourth-order valence-electron chi connectivity index (χ4n) is 9.18. The van der Waals surface area contributed by atoms with Crippen LogP contribution in [-0.2, 0) is 0 Å². The first-order valence-corrected chi connectivity index (χ1v) is 18.8. The van der Waals surface area contributed by atoms with Gasteiger partial charge in [-0.05, 0) is 47.9 Å². The molecule has 5 heterocycles. The Bertz CT molecular complexity index is 3720. The van der Waals surface area contributed by atoms with Gasteiger partial charge in [0.15, 0.2) is 5.58 Å². The molecule has 0 atom stereocenters. The van der Waals surface area contributed by atoms with Crippen molar-refractivity contribution in [3.63, 3.8) is 0 Å². The lowest BCUT2D eigenvalue weighted by molar-refractivity contribution is 0.666. The number of fused-ring (bicyclic) bond motifs is 15. The third kappa shape index (κ3) is 3.89. The Kier molecular flexibility index (Phi) is 5.80. The lowest BCUT2D eigenvalue weighted by atomic mass is 10.0. The van der Waals surface area contributed by atoms with Crippen LogP contribution in [0.5, 0.6) is 0 Å². The predicted molar refractivity (Wildman–Crippen MR) is 228 cm³/mol. The normalized spacial score (nSPS) is 12.3. The van der Waals surface area contributed by atoms with Crippen molar-refractivity contribution in [2.75, 3.05) is 0 Å². The molecule has 6 heteroatoms. The molecule has 0 fully saturated rings. The second-order valence-electron chi connectivity index (χ2n) is 14.5. The highest BCUT2D eigenvalue weighted by Crippen LogP contribution is 2.45. The first kappa shape index (κ1) is 29.7. The van der Waals surface area contributed by atoms with Gasteiger partial charge in [0.05, 0.1) is 33.1 Å². The molecule has 0 aliphatic rings. The molecule has 0 aliphatic carbocycles. The summed E-state index contributed by atoms with van der Waals surface area (Å²) in [6.45, 7) is 0. The van der Waals surface area contributed by atoms with E-state index < -0.39 is 0 Å². The summed E-state index contributed by atoms with van der Waals surface area (Å²) in [5.41, 5.74) is 11.0. The van der Waals surface area contributed by atoms with E-state index >= 15 is 0 Å². The average molecular weight is 717 g/mol. The summed E-state index contributed by atoms with van der Waals surface area (Å²) in [6.07, 6.45) is 0. The predicted octanol–water partition coefficient (Wildman–Crippen LogP) is 13.3. The van der Waals surface area contributed by atoms with E-state index in [9.17, 15) is 0 Å². The molecule has 260 valence electrons. The molecular formula is C50H28N4O2. The van der Waals surface area contributed by atoms with E-state index in [1.165, 1.54) is 16.2 Å². The van der Waals surface area contributed by atoms with E-state index in [-0.39, 0.29) is 0 Å². The van der Waals surface area contributed by atoms with Crippen LogP contribution in [0.15, 0.2) is 179 Å². The summed E-state index contributed by atoms with van der Waals surface area (Å²) in [6, 6.07) is 59.4. The molecule has 13 aromatic rings. The highest BCUT2D eigenvalue weighted by atomic mass is 16.3. The topological polar surface area (TPSA) is 61.9 Å². The third-order valence-corrected chi connectivity index (χ3v) is 11.5. The zero-order valence-corrected chi connectivity index (χ0v) is 29.8. The Morgan fingerprint density at radius 1 is 0.375 bits per heavy atom. The molecular weight excluding hydrogens is 689 g/mol. The summed E-state index contributed by atoms with van der Waals surface area (Å²) in [5.74, 6) is 0.573. The first-order valence-electron chi connectivity index (χ1n) is 18.8. The van der Waals surface area contributed by atoms with Gasteiger partial charge in [-0.15, -0.1) is 0 Å². The molecule has 0 aliphatic heterocycles. The minimum Gasteiger partial charge on any atom is -0.455 e. The van der Waals surface area contributed by atoms with Gasteiger partial charge in [-0.2, -0.15) is 0 Å². The largest absolute Gasteiger partial charge is 0.455 e. The summed E-state index contributed by atoms with van der Waals surface area (Å²) < 4.78 is 18.1. The molecule has 0 spiro atoms. The van der Waals surface area contributed by atoms with Gasteiger partial charge < -0.3 is 13.4 Å². The van der Waals surface area contributed by atoms with Crippen LogP contribution in [0.2, 0.25) is 0 Å². The maximum Gasteiger partial charge on any atom is 0.236 e. The van der Waals surface area contributed by atoms with E-state index in [2.05, 4.69) is 143 Å². The maximum atomic E-state index is 7.12. The van der Waals surface area contributed by atoms with E-state index in [1.54, 1.807) is 0 Å². The Labute approximate surface area is 318 Å². The molecule has 0 radical (unpaired) electrons. The van der Waals surface area contributed by atoms with Gasteiger partial charge in [-0.1, -0.05) is 121 Å². The average Bonchev–Trinajstić information content (AvgIpc) is 4.01. The van der Waals surface area contributed by atoms with E-state index in [4.69, 9.17) is 18.8 Å². The van der Waals surface area contributed by atoms with Crippen molar-refractivity contribution >= 4 is 98.4 Å². The fourth-order valence-corrected chi connectivity index (χ4v) is 9.18. The smallest absolute Gasteiger partial charge is 0.236 e. The zero-order chi connectivity index (χ0) is 36.5. The van der Waals surface area contributed by atoms with Crippen LogP contribution in [0, 0.1) is 0 Å². The molecule has 8 aromatic carbocycles. The van der Waals surface area contributed by atoms with Crippen LogP contribution < -0.4 is 0 Å². The minimum absolute atomic E-state index is 0.573. The van der Waals surface area contributed by atoms with Crippen molar-refractivity contribution in [2.24, 2.45) is 0 Å². The van der Waals surface area contributed by atoms with Crippen LogP contribution >= 0.6 is 0 Å². The van der Waals surface area contributed by atoms with Crippen molar-refractivity contribution in [3.8, 4) is 22.9 Å². The van der Waals surface area contributed by atoms with Gasteiger partial charge in [-0.3, -0.25) is 4.57 Å². The van der Waals surface area contributed by atoms with Gasteiger partial charge in [0, 0.05) is 49.3 Å². The van der Waals surface area contributed by atoms with Gasteiger partial charge in [-0.25, -0.2) is 9.97 Å². The number of nitrogens with zero attached hydrogens (tertiary/aromatic N) is 4. The Hall–Kier alpha value is -7.70. The van der Waals surface area contributed by atoms with Crippen molar-refractivity contribution in [1.82, 2.24) is 19.1 Å². The van der Waals surface area contributed by atoms with Crippen LogP contribution in [-0.4, -0.2) is 19.1 Å². The second kappa shape index (κ2) is 10.9. The lowest BCUT2D eigenvalue weighted by Crippen LogP contribution is -2.02. The number of para-hydroxylation sites is 4. The summed E-state index contributed by atoms with van der Waals surface area (Å²) in [5, 5.41) is 10.00. The lowest BCUT2D eigenvalue weighted by Gasteiger charge is -2.12. The van der Waals surface area contributed by atoms with E-state index in [0.717, 1.165) is 93.6 Å². The molecule has 0 saturated heterocycles. The van der Waals surface area contributed by atoms with Gasteiger partial charge in [0.1, 0.15) is 28.0 Å². The number of hydrogen-bond donors (Lipinski definition) is 0. The monoisotopic (exact) mass is 716 g/mol. The summed E-state index contributed by atoms with van der Waals surface area (Å²) in [7, 11) is 0. The minimum atomic E-state index is 0.573. The number of furan rings is 2. The quantitative estimate of drug-likeness (QED) is 0.183. The first-order chi connectivity index (χ1) is 27.8. The molecule has 6 nitrogen and oxygen atoms in total. The number of aromatic nitrogens is 4. The number of rotatable bonds is 3. The highest BCUT2D eigenvalue weighted by molar-refractivity contribution is 6.29. The Morgan fingerprint density at radius 2 is 0.964 bits per heavy atom. The molecule has 0 unspecified atom stereocenters.